The third-order valence-electron chi connectivity index (χ3n) is 2.27. The van der Waals surface area contributed by atoms with Crippen molar-refractivity contribution in [2.24, 2.45) is 11.1 Å². The quantitative estimate of drug-likeness (QED) is 0.545. The van der Waals surface area contributed by atoms with Gasteiger partial charge in [0.15, 0.2) is 0 Å². The van der Waals surface area contributed by atoms with Crippen LogP contribution in [0.5, 0.6) is 0 Å². The summed E-state index contributed by atoms with van der Waals surface area (Å²) in [7, 11) is 0. The van der Waals surface area contributed by atoms with Gasteiger partial charge in [-0.25, -0.2) is 5.48 Å². The van der Waals surface area contributed by atoms with Crippen molar-refractivity contribution in [2.75, 3.05) is 6.61 Å². The topological polar surface area (TPSA) is 93.5 Å². The summed E-state index contributed by atoms with van der Waals surface area (Å²) < 4.78 is 0. The molecule has 15 heavy (non-hydrogen) atoms. The fourth-order valence-corrected chi connectivity index (χ4v) is 1.10. The molecular formula is C9H17N3O3. The fourth-order valence-electron chi connectivity index (χ4n) is 1.10. The van der Waals surface area contributed by atoms with Crippen LogP contribution in [-0.4, -0.2) is 30.5 Å². The zero-order valence-electron chi connectivity index (χ0n) is 9.16. The lowest BCUT2D eigenvalue weighted by atomic mass is 9.87. The van der Waals surface area contributed by atoms with Gasteiger partial charge in [-0.2, -0.15) is 0 Å². The minimum atomic E-state index is -0.647. The van der Waals surface area contributed by atoms with Gasteiger partial charge in [-0.3, -0.25) is 14.4 Å². The molecule has 6 nitrogen and oxygen atoms in total. The number of carbonyl (C=O) groups excluding carboxylic acids is 2. The molecule has 86 valence electrons. The normalized spacial score (nSPS) is 23.5. The van der Waals surface area contributed by atoms with Gasteiger partial charge in [0.1, 0.15) is 12.6 Å². The summed E-state index contributed by atoms with van der Waals surface area (Å²) in [6.07, 6.45) is 0. The minimum absolute atomic E-state index is 0.140. The Balaban J connectivity index is 2.52. The maximum absolute atomic E-state index is 11.6. The molecular weight excluding hydrogens is 198 g/mol. The van der Waals surface area contributed by atoms with E-state index in [0.29, 0.717) is 0 Å². The largest absolute Gasteiger partial charge is 0.341 e. The Morgan fingerprint density at radius 3 is 2.67 bits per heavy atom. The summed E-state index contributed by atoms with van der Waals surface area (Å²) in [5.41, 5.74) is 7.56. The Morgan fingerprint density at radius 1 is 1.67 bits per heavy atom. The first kappa shape index (κ1) is 11.9. The number of amides is 2. The average molecular weight is 215 g/mol. The number of carbonyl (C=O) groups is 2. The zero-order chi connectivity index (χ0) is 11.6. The lowest BCUT2D eigenvalue weighted by Crippen LogP contribution is -2.53. The Morgan fingerprint density at radius 2 is 2.27 bits per heavy atom. The molecule has 1 saturated heterocycles. The molecule has 0 radical (unpaired) electrons. The van der Waals surface area contributed by atoms with Gasteiger partial charge in [0.05, 0.1) is 6.04 Å². The molecule has 1 fully saturated rings. The van der Waals surface area contributed by atoms with Crippen LogP contribution in [0.4, 0.5) is 0 Å². The highest BCUT2D eigenvalue weighted by atomic mass is 16.7. The van der Waals surface area contributed by atoms with E-state index >= 15 is 0 Å². The zero-order valence-corrected chi connectivity index (χ0v) is 9.16. The second-order valence-corrected chi connectivity index (χ2v) is 4.68. The molecule has 2 atom stereocenters. The van der Waals surface area contributed by atoms with Gasteiger partial charge in [-0.1, -0.05) is 20.8 Å². The highest BCUT2D eigenvalue weighted by Crippen LogP contribution is 2.17. The lowest BCUT2D eigenvalue weighted by molar-refractivity contribution is -0.130. The third kappa shape index (κ3) is 2.90. The van der Waals surface area contributed by atoms with Crippen molar-refractivity contribution < 1.29 is 14.4 Å². The first-order chi connectivity index (χ1) is 6.82. The molecule has 0 saturated carbocycles. The van der Waals surface area contributed by atoms with E-state index in [1.807, 2.05) is 20.8 Å². The van der Waals surface area contributed by atoms with E-state index in [9.17, 15) is 9.59 Å². The Hall–Kier alpha value is -1.14. The van der Waals surface area contributed by atoms with Crippen molar-refractivity contribution in [1.82, 2.24) is 10.8 Å². The molecule has 0 aliphatic carbocycles. The SMILES string of the molecule is CC(C)(C)[C@H](N)C(=O)N[C@@H]1CONC1=O. The number of hydrogen-bond donors (Lipinski definition) is 3. The first-order valence-electron chi connectivity index (χ1n) is 4.80. The molecule has 1 heterocycles. The van der Waals surface area contributed by atoms with Crippen LogP contribution >= 0.6 is 0 Å². The number of rotatable bonds is 2. The van der Waals surface area contributed by atoms with E-state index in [-0.39, 0.29) is 23.8 Å². The van der Waals surface area contributed by atoms with Crippen molar-refractivity contribution in [3.8, 4) is 0 Å². The third-order valence-corrected chi connectivity index (χ3v) is 2.27. The summed E-state index contributed by atoms with van der Waals surface area (Å²) >= 11 is 0. The minimum Gasteiger partial charge on any atom is -0.341 e. The average Bonchev–Trinajstić information content (AvgIpc) is 2.49. The highest BCUT2D eigenvalue weighted by molar-refractivity contribution is 5.90. The monoisotopic (exact) mass is 215 g/mol. The molecule has 1 aliphatic rings. The summed E-state index contributed by atoms with van der Waals surface area (Å²) in [6.45, 7) is 5.73. The van der Waals surface area contributed by atoms with Gasteiger partial charge in [-0.15, -0.1) is 0 Å². The fraction of sp³-hybridized carbons (Fsp3) is 0.778. The van der Waals surface area contributed by atoms with Crippen LogP contribution in [0, 0.1) is 5.41 Å². The van der Waals surface area contributed by atoms with Crippen molar-refractivity contribution in [1.29, 1.82) is 0 Å². The van der Waals surface area contributed by atoms with Crippen LogP contribution in [0.2, 0.25) is 0 Å². The Labute approximate surface area is 88.5 Å². The molecule has 1 rings (SSSR count). The predicted octanol–water partition coefficient (Wildman–Crippen LogP) is -1.09. The lowest BCUT2D eigenvalue weighted by Gasteiger charge is -2.26. The second-order valence-electron chi connectivity index (χ2n) is 4.68. The van der Waals surface area contributed by atoms with Gasteiger partial charge in [0, 0.05) is 0 Å². The molecule has 0 aromatic heterocycles. The van der Waals surface area contributed by atoms with Crippen LogP contribution in [0.15, 0.2) is 0 Å². The van der Waals surface area contributed by atoms with Crippen LogP contribution in [0.1, 0.15) is 20.8 Å². The molecule has 0 bridgehead atoms. The van der Waals surface area contributed by atoms with E-state index in [2.05, 4.69) is 15.6 Å². The molecule has 0 unspecified atom stereocenters. The van der Waals surface area contributed by atoms with E-state index in [1.54, 1.807) is 0 Å². The number of nitrogens with one attached hydrogen (secondary N) is 2. The molecule has 4 N–H and O–H groups in total. The van der Waals surface area contributed by atoms with Crippen LogP contribution in [-0.2, 0) is 14.4 Å². The molecule has 0 aromatic carbocycles. The van der Waals surface area contributed by atoms with Crippen molar-refractivity contribution >= 4 is 11.8 Å². The second kappa shape index (κ2) is 4.16. The number of hydroxylamine groups is 1. The molecule has 0 aromatic rings. The van der Waals surface area contributed by atoms with Gasteiger partial charge >= 0.3 is 0 Å². The summed E-state index contributed by atoms with van der Waals surface area (Å²) in [6, 6.07) is -1.28. The standard InChI is InChI=1S/C9H17N3O3/c1-9(2,3)6(10)8(14)11-5-4-15-12-7(5)13/h5-6H,4,10H2,1-3H3,(H,11,14)(H,12,13)/t5-,6-/m1/s1. The maximum Gasteiger partial charge on any atom is 0.268 e. The summed E-state index contributed by atoms with van der Waals surface area (Å²) in [5.74, 6) is -0.683. The molecule has 1 aliphatic heterocycles. The van der Waals surface area contributed by atoms with Crippen LogP contribution in [0.25, 0.3) is 0 Å². The van der Waals surface area contributed by atoms with Crippen LogP contribution < -0.4 is 16.5 Å². The van der Waals surface area contributed by atoms with Crippen LogP contribution in [0.3, 0.4) is 0 Å². The Bertz CT molecular complexity index is 272. The summed E-state index contributed by atoms with van der Waals surface area (Å²) in [5, 5.41) is 2.53. The van der Waals surface area contributed by atoms with Gasteiger partial charge in [-0.05, 0) is 5.41 Å². The summed E-state index contributed by atoms with van der Waals surface area (Å²) in [4.78, 5) is 27.4. The van der Waals surface area contributed by atoms with Crippen molar-refractivity contribution in [3.05, 3.63) is 0 Å². The van der Waals surface area contributed by atoms with E-state index in [4.69, 9.17) is 5.73 Å². The van der Waals surface area contributed by atoms with E-state index in [1.165, 1.54) is 0 Å². The number of hydrogen-bond acceptors (Lipinski definition) is 4. The Kier molecular flexibility index (Phi) is 3.31. The van der Waals surface area contributed by atoms with E-state index in [0.717, 1.165) is 0 Å². The van der Waals surface area contributed by atoms with Gasteiger partial charge < -0.3 is 11.1 Å². The van der Waals surface area contributed by atoms with E-state index < -0.39 is 12.1 Å². The smallest absolute Gasteiger partial charge is 0.268 e. The first-order valence-corrected chi connectivity index (χ1v) is 4.80. The van der Waals surface area contributed by atoms with Crippen molar-refractivity contribution in [3.63, 3.8) is 0 Å². The highest BCUT2D eigenvalue weighted by Gasteiger charge is 2.32. The molecule has 0 spiro atoms. The molecule has 2 amide bonds. The van der Waals surface area contributed by atoms with Gasteiger partial charge in [0.25, 0.3) is 5.91 Å². The van der Waals surface area contributed by atoms with Crippen molar-refractivity contribution in [2.45, 2.75) is 32.9 Å². The maximum atomic E-state index is 11.6. The number of nitrogens with two attached hydrogens (primary N) is 1. The van der Waals surface area contributed by atoms with Gasteiger partial charge in [0.2, 0.25) is 5.91 Å². The predicted molar refractivity (Wildman–Crippen MR) is 53.5 cm³/mol. The molecule has 6 heteroatoms.